The van der Waals surface area contributed by atoms with Gasteiger partial charge in [0.05, 0.1) is 7.11 Å². The Morgan fingerprint density at radius 3 is 2.24 bits per heavy atom. The van der Waals surface area contributed by atoms with Crippen LogP contribution in [0.2, 0.25) is 0 Å². The van der Waals surface area contributed by atoms with Gasteiger partial charge in [-0.2, -0.15) is 0 Å². The van der Waals surface area contributed by atoms with E-state index in [0.717, 1.165) is 17.5 Å². The fourth-order valence-electron chi connectivity index (χ4n) is 4.37. The number of nitrogens with one attached hydrogen (secondary N) is 2. The lowest BCUT2D eigenvalue weighted by Gasteiger charge is -2.36. The van der Waals surface area contributed by atoms with E-state index in [1.807, 2.05) is 52.8 Å². The maximum absolute atomic E-state index is 14.2. The third-order valence-electron chi connectivity index (χ3n) is 6.26. The SMILES string of the molecule is COC(=O)CNC(=O)C(c1ccc(C)cc1C)N(C(=O)C(CC(C)C)NC(=O)OC(C)(C)C)C1CC1C. The van der Waals surface area contributed by atoms with Crippen LogP contribution in [0, 0.1) is 25.7 Å². The molecular formula is C28H43N3O6. The molecule has 0 spiro atoms. The van der Waals surface area contributed by atoms with Crippen molar-refractivity contribution in [2.45, 2.75) is 92.0 Å². The highest BCUT2D eigenvalue weighted by atomic mass is 16.6. The second-order valence-electron chi connectivity index (χ2n) is 11.4. The molecule has 4 unspecified atom stereocenters. The number of aryl methyl sites for hydroxylation is 2. The number of hydrogen-bond acceptors (Lipinski definition) is 6. The van der Waals surface area contributed by atoms with E-state index in [1.54, 1.807) is 25.7 Å². The number of amides is 3. The quantitative estimate of drug-likeness (QED) is 0.456. The van der Waals surface area contributed by atoms with Crippen LogP contribution < -0.4 is 10.6 Å². The fourth-order valence-corrected chi connectivity index (χ4v) is 4.37. The number of alkyl carbamates (subject to hydrolysis) is 1. The average molecular weight is 518 g/mol. The fraction of sp³-hybridized carbons (Fsp3) is 0.643. The van der Waals surface area contributed by atoms with Gasteiger partial charge < -0.3 is 25.0 Å². The Hall–Kier alpha value is -3.10. The van der Waals surface area contributed by atoms with Gasteiger partial charge in [-0.05, 0) is 70.4 Å². The van der Waals surface area contributed by atoms with Crippen LogP contribution in [0.5, 0.6) is 0 Å². The van der Waals surface area contributed by atoms with Gasteiger partial charge in [-0.3, -0.25) is 14.4 Å². The summed E-state index contributed by atoms with van der Waals surface area (Å²) in [5.74, 6) is -1.14. The molecule has 1 aromatic carbocycles. The van der Waals surface area contributed by atoms with E-state index in [-0.39, 0.29) is 30.3 Å². The molecule has 4 atom stereocenters. The highest BCUT2D eigenvalue weighted by Crippen LogP contribution is 2.41. The molecule has 2 rings (SSSR count). The molecule has 0 aromatic heterocycles. The van der Waals surface area contributed by atoms with Gasteiger partial charge in [0.1, 0.15) is 24.2 Å². The van der Waals surface area contributed by atoms with Gasteiger partial charge in [0.25, 0.3) is 0 Å². The molecule has 1 aromatic rings. The molecule has 0 saturated heterocycles. The van der Waals surface area contributed by atoms with Gasteiger partial charge in [-0.15, -0.1) is 0 Å². The minimum absolute atomic E-state index is 0.0927. The van der Waals surface area contributed by atoms with Crippen LogP contribution in [0.1, 0.15) is 77.1 Å². The third kappa shape index (κ3) is 8.76. The predicted molar refractivity (Wildman–Crippen MR) is 141 cm³/mol. The minimum atomic E-state index is -0.984. The van der Waals surface area contributed by atoms with E-state index in [4.69, 9.17) is 4.74 Å². The zero-order chi connectivity index (χ0) is 28.1. The molecule has 0 heterocycles. The summed E-state index contributed by atoms with van der Waals surface area (Å²) < 4.78 is 10.1. The smallest absolute Gasteiger partial charge is 0.408 e. The monoisotopic (exact) mass is 517 g/mol. The van der Waals surface area contributed by atoms with Gasteiger partial charge >= 0.3 is 12.1 Å². The zero-order valence-corrected chi connectivity index (χ0v) is 23.6. The van der Waals surface area contributed by atoms with E-state index in [1.165, 1.54) is 7.11 Å². The van der Waals surface area contributed by atoms with Crippen LogP contribution in [0.25, 0.3) is 0 Å². The molecule has 3 amide bonds. The van der Waals surface area contributed by atoms with Crippen LogP contribution in [-0.4, -0.2) is 60.1 Å². The first-order valence-electron chi connectivity index (χ1n) is 12.9. The van der Waals surface area contributed by atoms with E-state index in [0.29, 0.717) is 12.0 Å². The number of esters is 1. The molecule has 37 heavy (non-hydrogen) atoms. The van der Waals surface area contributed by atoms with E-state index in [9.17, 15) is 19.2 Å². The molecule has 0 radical (unpaired) electrons. The molecule has 0 aliphatic heterocycles. The molecule has 1 fully saturated rings. The number of methoxy groups -OCH3 is 1. The summed E-state index contributed by atoms with van der Waals surface area (Å²) in [6.07, 6.45) is 0.422. The van der Waals surface area contributed by atoms with Crippen LogP contribution in [0.3, 0.4) is 0 Å². The summed E-state index contributed by atoms with van der Waals surface area (Å²) >= 11 is 0. The molecule has 1 saturated carbocycles. The van der Waals surface area contributed by atoms with E-state index < -0.39 is 35.7 Å². The Kier molecular flexibility index (Phi) is 10.1. The Bertz CT molecular complexity index is 1000. The minimum Gasteiger partial charge on any atom is -0.468 e. The van der Waals surface area contributed by atoms with Crippen molar-refractivity contribution < 1.29 is 28.7 Å². The lowest BCUT2D eigenvalue weighted by molar-refractivity contribution is -0.145. The summed E-state index contributed by atoms with van der Waals surface area (Å²) in [6.45, 7) is 14.8. The van der Waals surface area contributed by atoms with Gasteiger partial charge in [0, 0.05) is 6.04 Å². The van der Waals surface area contributed by atoms with Crippen molar-refractivity contribution in [3.8, 4) is 0 Å². The average Bonchev–Trinajstić information content (AvgIpc) is 3.49. The number of carbonyl (C=O) groups excluding carboxylic acids is 4. The van der Waals surface area contributed by atoms with E-state index >= 15 is 0 Å². The maximum Gasteiger partial charge on any atom is 0.408 e. The van der Waals surface area contributed by atoms with Crippen LogP contribution in [0.15, 0.2) is 18.2 Å². The molecule has 2 N–H and O–H groups in total. The van der Waals surface area contributed by atoms with Crippen molar-refractivity contribution in [1.82, 2.24) is 15.5 Å². The Morgan fingerprint density at radius 2 is 1.76 bits per heavy atom. The zero-order valence-electron chi connectivity index (χ0n) is 23.6. The lowest BCUT2D eigenvalue weighted by atomic mass is 9.95. The molecule has 9 nitrogen and oxygen atoms in total. The summed E-state index contributed by atoms with van der Waals surface area (Å²) in [4.78, 5) is 53.8. The summed E-state index contributed by atoms with van der Waals surface area (Å²) in [5, 5.41) is 5.39. The number of rotatable bonds is 10. The summed E-state index contributed by atoms with van der Waals surface area (Å²) in [6, 6.07) is 3.65. The first-order chi connectivity index (χ1) is 17.1. The number of carbonyl (C=O) groups is 4. The molecular weight excluding hydrogens is 474 g/mol. The second kappa shape index (κ2) is 12.4. The Labute approximate surface area is 220 Å². The Morgan fingerprint density at radius 1 is 1.14 bits per heavy atom. The third-order valence-corrected chi connectivity index (χ3v) is 6.26. The van der Waals surface area contributed by atoms with Crippen molar-refractivity contribution in [2.24, 2.45) is 11.8 Å². The second-order valence-corrected chi connectivity index (χ2v) is 11.4. The van der Waals surface area contributed by atoms with Crippen molar-refractivity contribution in [2.75, 3.05) is 13.7 Å². The molecule has 1 aliphatic carbocycles. The number of hydrogen-bond donors (Lipinski definition) is 2. The normalized spacial score (nSPS) is 18.4. The van der Waals surface area contributed by atoms with Crippen LogP contribution >= 0.6 is 0 Å². The summed E-state index contributed by atoms with van der Waals surface area (Å²) in [5.41, 5.74) is 1.82. The van der Waals surface area contributed by atoms with Crippen molar-refractivity contribution in [1.29, 1.82) is 0 Å². The van der Waals surface area contributed by atoms with E-state index in [2.05, 4.69) is 15.4 Å². The molecule has 0 bridgehead atoms. The molecule has 206 valence electrons. The van der Waals surface area contributed by atoms with Gasteiger partial charge in [-0.25, -0.2) is 4.79 Å². The first kappa shape index (κ1) is 30.1. The van der Waals surface area contributed by atoms with Crippen molar-refractivity contribution in [3.63, 3.8) is 0 Å². The highest BCUT2D eigenvalue weighted by molar-refractivity contribution is 5.93. The Balaban J connectivity index is 2.52. The topological polar surface area (TPSA) is 114 Å². The standard InChI is InChI=1S/C28H43N3O6/c1-16(2)12-21(30-27(35)37-28(6,7)8)26(34)31(22-14-19(22)5)24(25(33)29-15-23(32)36-9)20-11-10-17(3)13-18(20)4/h10-11,13,16,19,21-22,24H,12,14-15H2,1-9H3,(H,29,33)(H,30,35). The largest absolute Gasteiger partial charge is 0.468 e. The van der Waals surface area contributed by atoms with Gasteiger partial charge in [0.15, 0.2) is 0 Å². The maximum atomic E-state index is 14.2. The molecule has 9 heteroatoms. The molecule has 1 aliphatic rings. The van der Waals surface area contributed by atoms with Crippen LogP contribution in [0.4, 0.5) is 4.79 Å². The predicted octanol–water partition coefficient (Wildman–Crippen LogP) is 3.81. The first-order valence-corrected chi connectivity index (χ1v) is 12.9. The number of nitrogens with zero attached hydrogens (tertiary/aromatic N) is 1. The van der Waals surface area contributed by atoms with Crippen LogP contribution in [-0.2, 0) is 23.9 Å². The van der Waals surface area contributed by atoms with Crippen molar-refractivity contribution in [3.05, 3.63) is 34.9 Å². The van der Waals surface area contributed by atoms with Gasteiger partial charge in [0.2, 0.25) is 11.8 Å². The van der Waals surface area contributed by atoms with Gasteiger partial charge in [-0.1, -0.05) is 44.5 Å². The van der Waals surface area contributed by atoms with Crippen molar-refractivity contribution >= 4 is 23.9 Å². The number of ether oxygens (including phenoxy) is 2. The number of benzene rings is 1. The summed E-state index contributed by atoms with van der Waals surface area (Å²) in [7, 11) is 1.25. The highest BCUT2D eigenvalue weighted by Gasteiger charge is 2.48. The lowest BCUT2D eigenvalue weighted by Crippen LogP contribution is -2.54.